The molecule has 0 saturated heterocycles. The van der Waals surface area contributed by atoms with Crippen molar-refractivity contribution < 1.29 is 9.59 Å². The number of carbonyl (C=O) groups excluding carboxylic acids is 2. The summed E-state index contributed by atoms with van der Waals surface area (Å²) in [6.45, 7) is 3.63. The number of rotatable bonds is 2. The molecule has 2 heteroatoms. The minimum Gasteiger partial charge on any atom is -0.299 e. The first-order valence-electron chi connectivity index (χ1n) is 4.68. The molecular formula is C10H16O2. The highest BCUT2D eigenvalue weighted by Crippen LogP contribution is 2.34. The van der Waals surface area contributed by atoms with Crippen molar-refractivity contribution in [2.45, 2.75) is 46.0 Å². The lowest BCUT2D eigenvalue weighted by molar-refractivity contribution is -0.141. The van der Waals surface area contributed by atoms with Crippen LogP contribution in [0.15, 0.2) is 0 Å². The first kappa shape index (κ1) is 9.43. The summed E-state index contributed by atoms with van der Waals surface area (Å²) in [4.78, 5) is 23.0. The minimum absolute atomic E-state index is 0.118. The highest BCUT2D eigenvalue weighted by Gasteiger charge is 2.40. The number of ketones is 2. The monoisotopic (exact) mass is 168 g/mol. The third-order valence-electron chi connectivity index (χ3n) is 2.88. The summed E-state index contributed by atoms with van der Waals surface area (Å²) < 4.78 is 0. The van der Waals surface area contributed by atoms with Crippen LogP contribution in [0.4, 0.5) is 0 Å². The van der Waals surface area contributed by atoms with E-state index in [9.17, 15) is 9.59 Å². The molecule has 1 saturated carbocycles. The average molecular weight is 168 g/mol. The third kappa shape index (κ3) is 1.43. The third-order valence-corrected chi connectivity index (χ3v) is 2.88. The molecule has 1 atom stereocenters. The largest absolute Gasteiger partial charge is 0.299 e. The second-order valence-electron chi connectivity index (χ2n) is 3.74. The van der Waals surface area contributed by atoms with Gasteiger partial charge in [-0.15, -0.1) is 0 Å². The maximum absolute atomic E-state index is 11.5. The lowest BCUT2D eigenvalue weighted by Crippen LogP contribution is -2.38. The van der Waals surface area contributed by atoms with Crippen molar-refractivity contribution in [1.82, 2.24) is 0 Å². The van der Waals surface area contributed by atoms with E-state index >= 15 is 0 Å². The van der Waals surface area contributed by atoms with Gasteiger partial charge in [0.1, 0.15) is 11.6 Å². The van der Waals surface area contributed by atoms with E-state index in [2.05, 4.69) is 0 Å². The van der Waals surface area contributed by atoms with Gasteiger partial charge in [-0.05, 0) is 19.8 Å². The molecule has 0 spiro atoms. The first-order valence-corrected chi connectivity index (χ1v) is 4.68. The number of hydrogen-bond donors (Lipinski definition) is 0. The zero-order valence-corrected chi connectivity index (χ0v) is 7.85. The van der Waals surface area contributed by atoms with Gasteiger partial charge < -0.3 is 0 Å². The molecule has 1 aliphatic rings. The molecule has 0 radical (unpaired) electrons. The fraction of sp³-hybridized carbons (Fsp3) is 0.800. The zero-order chi connectivity index (χ0) is 9.19. The molecule has 1 aliphatic carbocycles. The van der Waals surface area contributed by atoms with E-state index < -0.39 is 5.41 Å². The van der Waals surface area contributed by atoms with Crippen LogP contribution in [-0.4, -0.2) is 11.6 Å². The molecule has 0 aliphatic heterocycles. The average Bonchev–Trinajstić information content (AvgIpc) is 2.09. The van der Waals surface area contributed by atoms with Crippen LogP contribution < -0.4 is 0 Å². The van der Waals surface area contributed by atoms with Crippen LogP contribution in [0.1, 0.15) is 46.0 Å². The molecule has 1 fully saturated rings. The van der Waals surface area contributed by atoms with Crippen LogP contribution in [0.2, 0.25) is 0 Å². The van der Waals surface area contributed by atoms with Crippen molar-refractivity contribution in [3.05, 3.63) is 0 Å². The van der Waals surface area contributed by atoms with E-state index in [1.54, 1.807) is 6.92 Å². The van der Waals surface area contributed by atoms with Crippen molar-refractivity contribution >= 4 is 11.6 Å². The Kier molecular flexibility index (Phi) is 2.65. The summed E-state index contributed by atoms with van der Waals surface area (Å²) in [5.41, 5.74) is -0.632. The molecule has 0 aromatic heterocycles. The molecule has 0 heterocycles. The summed E-state index contributed by atoms with van der Waals surface area (Å²) >= 11 is 0. The Morgan fingerprint density at radius 1 is 1.50 bits per heavy atom. The fourth-order valence-electron chi connectivity index (χ4n) is 1.86. The standard InChI is InChI=1S/C10H16O2/c1-3-8(11)10(2)7-5-4-6-9(10)12/h3-7H2,1-2H3. The van der Waals surface area contributed by atoms with Gasteiger partial charge in [0.15, 0.2) is 0 Å². The van der Waals surface area contributed by atoms with Gasteiger partial charge in [-0.2, -0.15) is 0 Å². The van der Waals surface area contributed by atoms with Crippen LogP contribution >= 0.6 is 0 Å². The minimum atomic E-state index is -0.632. The topological polar surface area (TPSA) is 34.1 Å². The lowest BCUT2D eigenvalue weighted by Gasteiger charge is -2.29. The maximum atomic E-state index is 11.5. The van der Waals surface area contributed by atoms with Gasteiger partial charge >= 0.3 is 0 Å². The Morgan fingerprint density at radius 2 is 2.17 bits per heavy atom. The van der Waals surface area contributed by atoms with Gasteiger partial charge in [0, 0.05) is 12.8 Å². The highest BCUT2D eigenvalue weighted by molar-refractivity contribution is 6.06. The van der Waals surface area contributed by atoms with Crippen LogP contribution in [0, 0.1) is 5.41 Å². The number of Topliss-reactive ketones (excluding diaryl/α,β-unsaturated/α-hetero) is 2. The molecule has 2 nitrogen and oxygen atoms in total. The van der Waals surface area contributed by atoms with Crippen molar-refractivity contribution in [1.29, 1.82) is 0 Å². The van der Waals surface area contributed by atoms with E-state index in [0.29, 0.717) is 12.8 Å². The van der Waals surface area contributed by atoms with E-state index in [-0.39, 0.29) is 11.6 Å². The van der Waals surface area contributed by atoms with Crippen molar-refractivity contribution in [2.24, 2.45) is 5.41 Å². The van der Waals surface area contributed by atoms with Crippen LogP contribution in [0.5, 0.6) is 0 Å². The summed E-state index contributed by atoms with van der Waals surface area (Å²) in [6, 6.07) is 0. The predicted molar refractivity (Wildman–Crippen MR) is 46.9 cm³/mol. The summed E-state index contributed by atoms with van der Waals surface area (Å²) in [6.07, 6.45) is 3.84. The van der Waals surface area contributed by atoms with Crippen LogP contribution in [0.25, 0.3) is 0 Å². The first-order chi connectivity index (χ1) is 5.61. The summed E-state index contributed by atoms with van der Waals surface area (Å²) in [5, 5.41) is 0. The quantitative estimate of drug-likeness (QED) is 0.592. The second kappa shape index (κ2) is 3.38. The van der Waals surface area contributed by atoms with Crippen molar-refractivity contribution in [3.8, 4) is 0 Å². The number of hydrogen-bond acceptors (Lipinski definition) is 2. The normalized spacial score (nSPS) is 30.3. The van der Waals surface area contributed by atoms with Gasteiger partial charge in [-0.3, -0.25) is 9.59 Å². The van der Waals surface area contributed by atoms with Gasteiger partial charge in [0.25, 0.3) is 0 Å². The molecule has 0 aromatic rings. The Labute approximate surface area is 73.3 Å². The van der Waals surface area contributed by atoms with Crippen molar-refractivity contribution in [3.63, 3.8) is 0 Å². The summed E-state index contributed by atoms with van der Waals surface area (Å²) in [7, 11) is 0. The van der Waals surface area contributed by atoms with Crippen LogP contribution in [0.3, 0.4) is 0 Å². The Hall–Kier alpha value is -0.660. The zero-order valence-electron chi connectivity index (χ0n) is 7.85. The van der Waals surface area contributed by atoms with E-state index in [0.717, 1.165) is 19.3 Å². The molecule has 1 rings (SSSR count). The fourth-order valence-corrected chi connectivity index (χ4v) is 1.86. The van der Waals surface area contributed by atoms with Gasteiger partial charge in [-0.1, -0.05) is 13.3 Å². The van der Waals surface area contributed by atoms with Gasteiger partial charge in [0.2, 0.25) is 0 Å². The second-order valence-corrected chi connectivity index (χ2v) is 3.74. The molecule has 68 valence electrons. The molecule has 12 heavy (non-hydrogen) atoms. The van der Waals surface area contributed by atoms with E-state index in [4.69, 9.17) is 0 Å². The molecule has 0 aromatic carbocycles. The van der Waals surface area contributed by atoms with Gasteiger partial charge in [-0.25, -0.2) is 0 Å². The molecule has 0 amide bonds. The Bertz CT molecular complexity index is 198. The Morgan fingerprint density at radius 3 is 2.67 bits per heavy atom. The van der Waals surface area contributed by atoms with E-state index in [1.165, 1.54) is 0 Å². The molecule has 0 bridgehead atoms. The van der Waals surface area contributed by atoms with E-state index in [1.807, 2.05) is 6.92 Å². The predicted octanol–water partition coefficient (Wildman–Crippen LogP) is 2.11. The highest BCUT2D eigenvalue weighted by atomic mass is 16.2. The molecule has 0 N–H and O–H groups in total. The Balaban J connectivity index is 2.79. The smallest absolute Gasteiger partial charge is 0.146 e. The van der Waals surface area contributed by atoms with Gasteiger partial charge in [0.05, 0.1) is 5.41 Å². The van der Waals surface area contributed by atoms with Crippen LogP contribution in [-0.2, 0) is 9.59 Å². The SMILES string of the molecule is CCC(=O)C1(C)CCCCC1=O. The number of carbonyl (C=O) groups is 2. The maximum Gasteiger partial charge on any atom is 0.146 e. The molecular weight excluding hydrogens is 152 g/mol. The summed E-state index contributed by atoms with van der Waals surface area (Å²) in [5.74, 6) is 0.271. The lowest BCUT2D eigenvalue weighted by atomic mass is 9.71. The molecule has 1 unspecified atom stereocenters. The van der Waals surface area contributed by atoms with Crippen molar-refractivity contribution in [2.75, 3.05) is 0 Å².